The summed E-state index contributed by atoms with van der Waals surface area (Å²) < 4.78 is 0. The lowest BCUT2D eigenvalue weighted by Crippen LogP contribution is -2.55. The summed E-state index contributed by atoms with van der Waals surface area (Å²) in [6.07, 6.45) is 2.48. The first-order chi connectivity index (χ1) is 8.99. The molecule has 4 heteroatoms. The molecule has 2 rings (SSSR count). The number of anilines is 1. The van der Waals surface area contributed by atoms with E-state index in [2.05, 4.69) is 6.07 Å². The van der Waals surface area contributed by atoms with Crippen molar-refractivity contribution in [2.45, 2.75) is 38.6 Å². The van der Waals surface area contributed by atoms with E-state index in [0.29, 0.717) is 18.5 Å². The molecule has 1 aromatic rings. The second-order valence-corrected chi connectivity index (χ2v) is 5.32. The van der Waals surface area contributed by atoms with Crippen LogP contribution < -0.4 is 4.90 Å². The molecule has 1 saturated heterocycles. The van der Waals surface area contributed by atoms with Crippen molar-refractivity contribution in [1.82, 2.24) is 0 Å². The zero-order valence-electron chi connectivity index (χ0n) is 11.3. The average molecular weight is 258 g/mol. The van der Waals surface area contributed by atoms with Crippen LogP contribution in [0.1, 0.15) is 37.3 Å². The molecule has 100 valence electrons. The zero-order valence-corrected chi connectivity index (χ0v) is 11.3. The van der Waals surface area contributed by atoms with Crippen molar-refractivity contribution in [2.24, 2.45) is 0 Å². The highest BCUT2D eigenvalue weighted by atomic mass is 16.4. The smallest absolute Gasteiger partial charge is 0.329 e. The molecule has 1 fully saturated rings. The van der Waals surface area contributed by atoms with Gasteiger partial charge < -0.3 is 10.0 Å². The molecule has 1 aliphatic heterocycles. The molecule has 1 aromatic carbocycles. The maximum absolute atomic E-state index is 11.6. The topological polar surface area (TPSA) is 64.3 Å². The first-order valence-electron chi connectivity index (χ1n) is 6.51. The van der Waals surface area contributed by atoms with Crippen LogP contribution in [0.3, 0.4) is 0 Å². The molecule has 4 nitrogen and oxygen atoms in total. The van der Waals surface area contributed by atoms with Crippen molar-refractivity contribution in [3.63, 3.8) is 0 Å². The molecule has 19 heavy (non-hydrogen) atoms. The standard InChI is InChI=1S/C15H18N2O2/c1-11-5-6-12(10-16)13(9-11)17-8-4-3-7-15(17,2)14(18)19/h5-6,9H,3-4,7-8H2,1-2H3,(H,18,19). The number of benzene rings is 1. The van der Waals surface area contributed by atoms with E-state index < -0.39 is 11.5 Å². The summed E-state index contributed by atoms with van der Waals surface area (Å²) in [5.74, 6) is -0.822. The van der Waals surface area contributed by atoms with Crippen LogP contribution in [0, 0.1) is 18.3 Å². The van der Waals surface area contributed by atoms with E-state index in [-0.39, 0.29) is 0 Å². The number of hydrogen-bond donors (Lipinski definition) is 1. The number of hydrogen-bond acceptors (Lipinski definition) is 3. The minimum atomic E-state index is -0.919. The second kappa shape index (κ2) is 4.93. The first kappa shape index (κ1) is 13.4. The summed E-state index contributed by atoms with van der Waals surface area (Å²) in [5, 5.41) is 18.8. The van der Waals surface area contributed by atoms with Crippen LogP contribution in [-0.2, 0) is 4.79 Å². The van der Waals surface area contributed by atoms with Gasteiger partial charge in [0.25, 0.3) is 0 Å². The quantitative estimate of drug-likeness (QED) is 0.885. The monoisotopic (exact) mass is 258 g/mol. The Balaban J connectivity index is 2.52. The Morgan fingerprint density at radius 2 is 2.21 bits per heavy atom. The van der Waals surface area contributed by atoms with E-state index in [1.54, 1.807) is 13.0 Å². The Morgan fingerprint density at radius 3 is 2.84 bits per heavy atom. The first-order valence-corrected chi connectivity index (χ1v) is 6.51. The normalized spacial score (nSPS) is 22.9. The lowest BCUT2D eigenvalue weighted by atomic mass is 9.87. The zero-order chi connectivity index (χ0) is 14.0. The van der Waals surface area contributed by atoms with E-state index in [1.165, 1.54) is 0 Å². The summed E-state index contributed by atoms with van der Waals surface area (Å²) >= 11 is 0. The lowest BCUT2D eigenvalue weighted by Gasteiger charge is -2.43. The maximum atomic E-state index is 11.6. The number of carboxylic acid groups (broad SMARTS) is 1. The highest BCUT2D eigenvalue weighted by Crippen LogP contribution is 2.35. The predicted octanol–water partition coefficient (Wildman–Crippen LogP) is 2.70. The fraction of sp³-hybridized carbons (Fsp3) is 0.467. The molecule has 0 bridgehead atoms. The van der Waals surface area contributed by atoms with Gasteiger partial charge in [0.1, 0.15) is 11.6 Å². The third-order valence-corrected chi connectivity index (χ3v) is 3.92. The minimum Gasteiger partial charge on any atom is -0.480 e. The van der Waals surface area contributed by atoms with Gasteiger partial charge in [-0.15, -0.1) is 0 Å². The van der Waals surface area contributed by atoms with Crippen LogP contribution >= 0.6 is 0 Å². The fourth-order valence-electron chi connectivity index (χ4n) is 2.69. The van der Waals surface area contributed by atoms with Gasteiger partial charge in [-0.3, -0.25) is 0 Å². The number of rotatable bonds is 2. The molecule has 0 spiro atoms. The number of aliphatic carboxylic acids is 1. The van der Waals surface area contributed by atoms with E-state index in [4.69, 9.17) is 0 Å². The summed E-state index contributed by atoms with van der Waals surface area (Å²) in [7, 11) is 0. The molecule has 0 amide bonds. The van der Waals surface area contributed by atoms with E-state index in [0.717, 1.165) is 24.1 Å². The third kappa shape index (κ3) is 2.28. The van der Waals surface area contributed by atoms with Crippen molar-refractivity contribution < 1.29 is 9.90 Å². The number of carbonyl (C=O) groups is 1. The molecule has 1 heterocycles. The summed E-state index contributed by atoms with van der Waals surface area (Å²) in [4.78, 5) is 13.5. The molecule has 1 unspecified atom stereocenters. The lowest BCUT2D eigenvalue weighted by molar-refractivity contribution is -0.143. The number of carboxylic acids is 1. The minimum absolute atomic E-state index is 0.542. The van der Waals surface area contributed by atoms with Crippen molar-refractivity contribution in [2.75, 3.05) is 11.4 Å². The van der Waals surface area contributed by atoms with Crippen LogP contribution in [0.2, 0.25) is 0 Å². The van der Waals surface area contributed by atoms with Crippen molar-refractivity contribution in [3.8, 4) is 6.07 Å². The highest BCUT2D eigenvalue weighted by molar-refractivity contribution is 5.84. The second-order valence-electron chi connectivity index (χ2n) is 5.32. The Bertz CT molecular complexity index is 548. The van der Waals surface area contributed by atoms with Gasteiger partial charge in [-0.1, -0.05) is 6.07 Å². The van der Waals surface area contributed by atoms with Gasteiger partial charge >= 0.3 is 5.97 Å². The third-order valence-electron chi connectivity index (χ3n) is 3.92. The van der Waals surface area contributed by atoms with Crippen molar-refractivity contribution >= 4 is 11.7 Å². The van der Waals surface area contributed by atoms with Gasteiger partial charge in [0.2, 0.25) is 0 Å². The molecule has 0 saturated carbocycles. The summed E-state index contributed by atoms with van der Waals surface area (Å²) in [6.45, 7) is 4.38. The van der Waals surface area contributed by atoms with Gasteiger partial charge in [-0.05, 0) is 50.8 Å². The molecule has 1 N–H and O–H groups in total. The van der Waals surface area contributed by atoms with E-state index in [9.17, 15) is 15.2 Å². The van der Waals surface area contributed by atoms with Crippen LogP contribution in [0.4, 0.5) is 5.69 Å². The van der Waals surface area contributed by atoms with Gasteiger partial charge in [0.15, 0.2) is 0 Å². The predicted molar refractivity (Wildman–Crippen MR) is 73.1 cm³/mol. The molecule has 0 radical (unpaired) electrons. The number of nitriles is 1. The largest absolute Gasteiger partial charge is 0.480 e. The average Bonchev–Trinajstić information content (AvgIpc) is 2.39. The number of aryl methyl sites for hydroxylation is 1. The summed E-state index contributed by atoms with van der Waals surface area (Å²) in [5.41, 5.74) is 1.40. The van der Waals surface area contributed by atoms with Crippen molar-refractivity contribution in [1.29, 1.82) is 5.26 Å². The molecule has 1 atom stereocenters. The number of nitrogens with zero attached hydrogens (tertiary/aromatic N) is 2. The molecule has 0 aromatic heterocycles. The highest BCUT2D eigenvalue weighted by Gasteiger charge is 2.42. The Kier molecular flexibility index (Phi) is 3.48. The Labute approximate surface area is 113 Å². The number of piperidine rings is 1. The molecular formula is C15H18N2O2. The maximum Gasteiger partial charge on any atom is 0.329 e. The SMILES string of the molecule is Cc1ccc(C#N)c(N2CCCCC2(C)C(=O)O)c1. The molecule has 0 aliphatic carbocycles. The van der Waals surface area contributed by atoms with Gasteiger partial charge in [-0.2, -0.15) is 5.26 Å². The van der Waals surface area contributed by atoms with Gasteiger partial charge in [-0.25, -0.2) is 4.79 Å². The van der Waals surface area contributed by atoms with Gasteiger partial charge in [0, 0.05) is 6.54 Å². The van der Waals surface area contributed by atoms with Gasteiger partial charge in [0.05, 0.1) is 11.3 Å². The van der Waals surface area contributed by atoms with Crippen LogP contribution in [-0.4, -0.2) is 23.2 Å². The van der Waals surface area contributed by atoms with Crippen LogP contribution in [0.5, 0.6) is 0 Å². The molecular weight excluding hydrogens is 240 g/mol. The van der Waals surface area contributed by atoms with E-state index in [1.807, 2.05) is 24.0 Å². The van der Waals surface area contributed by atoms with Crippen LogP contribution in [0.25, 0.3) is 0 Å². The van der Waals surface area contributed by atoms with E-state index >= 15 is 0 Å². The fourth-order valence-corrected chi connectivity index (χ4v) is 2.69. The summed E-state index contributed by atoms with van der Waals surface area (Å²) in [6, 6.07) is 7.71. The Hall–Kier alpha value is -2.02. The Morgan fingerprint density at radius 1 is 1.47 bits per heavy atom. The van der Waals surface area contributed by atoms with Crippen molar-refractivity contribution in [3.05, 3.63) is 29.3 Å². The molecule has 1 aliphatic rings. The van der Waals surface area contributed by atoms with Crippen LogP contribution in [0.15, 0.2) is 18.2 Å².